The molecule has 1 aliphatic heterocycles. The van der Waals surface area contributed by atoms with Crippen LogP contribution in [0.2, 0.25) is 0 Å². The van der Waals surface area contributed by atoms with E-state index < -0.39 is 0 Å². The monoisotopic (exact) mass is 642 g/mol. The molecular formula is C29H31IN4O3S. The summed E-state index contributed by atoms with van der Waals surface area (Å²) in [6, 6.07) is 19.3. The van der Waals surface area contributed by atoms with Gasteiger partial charge in [-0.2, -0.15) is 0 Å². The summed E-state index contributed by atoms with van der Waals surface area (Å²) in [5.74, 6) is 0.849. The Morgan fingerprint density at radius 1 is 0.974 bits per heavy atom. The van der Waals surface area contributed by atoms with E-state index in [2.05, 4.69) is 76.4 Å². The molecule has 1 aliphatic rings. The quantitative estimate of drug-likeness (QED) is 0.189. The Morgan fingerprint density at radius 3 is 2.18 bits per heavy atom. The van der Waals surface area contributed by atoms with Gasteiger partial charge in [-0.1, -0.05) is 36.4 Å². The van der Waals surface area contributed by atoms with Crippen molar-refractivity contribution in [3.05, 3.63) is 77.3 Å². The highest BCUT2D eigenvalue weighted by molar-refractivity contribution is 14.2. The second-order valence-electron chi connectivity index (χ2n) is 9.88. The molecule has 2 aromatic carbocycles. The third-order valence-corrected chi connectivity index (χ3v) is 9.07. The number of carbonyl (C=O) groups is 1. The van der Waals surface area contributed by atoms with Gasteiger partial charge < -0.3 is 14.2 Å². The number of aromatic nitrogens is 2. The zero-order valence-corrected chi connectivity index (χ0v) is 24.7. The summed E-state index contributed by atoms with van der Waals surface area (Å²) < 4.78 is 9.61. The van der Waals surface area contributed by atoms with Crippen molar-refractivity contribution in [3.63, 3.8) is 0 Å². The Kier molecular flexibility index (Phi) is 8.15. The van der Waals surface area contributed by atoms with Crippen LogP contribution in [0.15, 0.2) is 71.8 Å². The van der Waals surface area contributed by atoms with Gasteiger partial charge in [0.15, 0.2) is 0 Å². The number of hydrogen-bond donors (Lipinski definition) is 0. The smallest absolute Gasteiger partial charge is 0.275 e. The molecule has 4 aromatic rings. The lowest BCUT2D eigenvalue weighted by molar-refractivity contribution is -0.122. The van der Waals surface area contributed by atoms with Crippen molar-refractivity contribution in [1.82, 2.24) is 18.3 Å². The standard InChI is InChI=1S/C29H31IN4O3S/c1-20-16-32(19-35)17-21(2)33(20)14-15-37-25-10-8-23(9-11-25)22-4-6-24(7-5-22)27-18-31(3)29(36)28-26(27)12-13-34(28)38-30/h4-13,18-21H,14-17H2,1-3H3. The zero-order chi connectivity index (χ0) is 26.8. The minimum atomic E-state index is 0.00124. The van der Waals surface area contributed by atoms with E-state index in [0.29, 0.717) is 24.2 Å². The van der Waals surface area contributed by atoms with E-state index in [1.54, 1.807) is 11.6 Å². The Labute approximate surface area is 239 Å². The molecule has 0 spiro atoms. The van der Waals surface area contributed by atoms with Gasteiger partial charge in [0, 0.05) is 92.4 Å². The van der Waals surface area contributed by atoms with Crippen LogP contribution in [0.4, 0.5) is 0 Å². The predicted molar refractivity (Wildman–Crippen MR) is 164 cm³/mol. The molecule has 2 unspecified atom stereocenters. The fourth-order valence-electron chi connectivity index (χ4n) is 5.40. The predicted octanol–water partition coefficient (Wildman–Crippen LogP) is 5.45. The molecule has 3 heterocycles. The largest absolute Gasteiger partial charge is 0.492 e. The van der Waals surface area contributed by atoms with Crippen LogP contribution >= 0.6 is 30.3 Å². The molecule has 2 aromatic heterocycles. The number of aryl methyl sites for hydroxylation is 1. The van der Waals surface area contributed by atoms with Crippen LogP contribution in [0, 0.1) is 0 Å². The highest BCUT2D eigenvalue weighted by Crippen LogP contribution is 2.32. The molecule has 1 fully saturated rings. The van der Waals surface area contributed by atoms with Gasteiger partial charge in [-0.15, -0.1) is 0 Å². The first-order valence-corrected chi connectivity index (χ1v) is 16.0. The topological polar surface area (TPSA) is 59.7 Å². The molecule has 0 radical (unpaired) electrons. The summed E-state index contributed by atoms with van der Waals surface area (Å²) in [6.07, 6.45) is 4.81. The molecule has 9 heteroatoms. The van der Waals surface area contributed by atoms with Crippen molar-refractivity contribution >= 4 is 47.6 Å². The Bertz CT molecular complexity index is 1470. The van der Waals surface area contributed by atoms with E-state index in [1.165, 1.54) is 9.12 Å². The number of ether oxygens (including phenoxy) is 1. The van der Waals surface area contributed by atoms with Gasteiger partial charge in [0.1, 0.15) is 17.9 Å². The summed E-state index contributed by atoms with van der Waals surface area (Å²) in [4.78, 5) is 28.1. The molecule has 0 N–H and O–H groups in total. The van der Waals surface area contributed by atoms with Crippen LogP contribution in [0.25, 0.3) is 33.2 Å². The van der Waals surface area contributed by atoms with Crippen LogP contribution in [-0.2, 0) is 11.8 Å². The first-order valence-electron chi connectivity index (χ1n) is 12.7. The lowest BCUT2D eigenvalue weighted by Crippen LogP contribution is -2.57. The third kappa shape index (κ3) is 5.37. The fraction of sp³-hybridized carbons (Fsp3) is 0.310. The van der Waals surface area contributed by atoms with Gasteiger partial charge in [0.25, 0.3) is 5.56 Å². The molecule has 1 amide bonds. The number of amides is 1. The number of hydrogen-bond acceptors (Lipinski definition) is 5. The minimum absolute atomic E-state index is 0.00124. The zero-order valence-electron chi connectivity index (χ0n) is 21.7. The van der Waals surface area contributed by atoms with Gasteiger partial charge in [-0.05, 0) is 48.7 Å². The highest BCUT2D eigenvalue weighted by atomic mass is 127. The summed E-state index contributed by atoms with van der Waals surface area (Å²) in [6.45, 7) is 7.28. The average molecular weight is 643 g/mol. The molecule has 5 rings (SSSR count). The lowest BCUT2D eigenvalue weighted by Gasteiger charge is -2.43. The molecule has 0 aliphatic carbocycles. The van der Waals surface area contributed by atoms with Crippen LogP contribution < -0.4 is 10.3 Å². The maximum Gasteiger partial charge on any atom is 0.275 e. The number of pyridine rings is 1. The van der Waals surface area contributed by atoms with Crippen molar-refractivity contribution in [2.75, 3.05) is 26.2 Å². The normalized spacial score (nSPS) is 18.2. The number of carbonyl (C=O) groups excluding carboxylic acids is 1. The maximum atomic E-state index is 12.7. The molecule has 0 saturated carbocycles. The van der Waals surface area contributed by atoms with Crippen molar-refractivity contribution < 1.29 is 9.53 Å². The third-order valence-electron chi connectivity index (χ3n) is 7.34. The molecule has 0 bridgehead atoms. The average Bonchev–Trinajstić information content (AvgIpc) is 3.37. The summed E-state index contributed by atoms with van der Waals surface area (Å²) in [5.41, 5.74) is 5.06. The van der Waals surface area contributed by atoms with Gasteiger partial charge in [0.2, 0.25) is 6.41 Å². The minimum Gasteiger partial charge on any atom is -0.492 e. The first-order chi connectivity index (χ1) is 18.4. The first kappa shape index (κ1) is 26.8. The van der Waals surface area contributed by atoms with Gasteiger partial charge in [-0.25, -0.2) is 0 Å². The molecular weight excluding hydrogens is 611 g/mol. The van der Waals surface area contributed by atoms with Crippen molar-refractivity contribution in [1.29, 1.82) is 0 Å². The van der Waals surface area contributed by atoms with E-state index >= 15 is 0 Å². The summed E-state index contributed by atoms with van der Waals surface area (Å²) >= 11 is 2.19. The van der Waals surface area contributed by atoms with E-state index in [1.807, 2.05) is 39.5 Å². The maximum absolute atomic E-state index is 12.7. The van der Waals surface area contributed by atoms with Crippen LogP contribution in [0.5, 0.6) is 5.75 Å². The molecule has 1 saturated heterocycles. The number of rotatable bonds is 8. The Morgan fingerprint density at radius 2 is 1.58 bits per heavy atom. The summed E-state index contributed by atoms with van der Waals surface area (Å²) in [7, 11) is 3.29. The highest BCUT2D eigenvalue weighted by Gasteiger charge is 2.28. The van der Waals surface area contributed by atoms with Gasteiger partial charge >= 0.3 is 0 Å². The van der Waals surface area contributed by atoms with Crippen LogP contribution in [0.1, 0.15) is 13.8 Å². The number of halogens is 1. The SMILES string of the molecule is CC1CN(C=O)CC(C)N1CCOc1ccc(-c2ccc(-c3cn(C)c(=O)c4c3ccn4SI)cc2)cc1. The van der Waals surface area contributed by atoms with E-state index in [-0.39, 0.29) is 5.56 Å². The second kappa shape index (κ2) is 11.5. The summed E-state index contributed by atoms with van der Waals surface area (Å²) in [5, 5.41) is 0.959. The number of piperazine rings is 1. The molecule has 38 heavy (non-hydrogen) atoms. The van der Waals surface area contributed by atoms with Crippen molar-refractivity contribution in [3.8, 4) is 28.0 Å². The Balaban J connectivity index is 1.25. The van der Waals surface area contributed by atoms with Gasteiger partial charge in [-0.3, -0.25) is 18.5 Å². The van der Waals surface area contributed by atoms with Crippen molar-refractivity contribution in [2.45, 2.75) is 25.9 Å². The van der Waals surface area contributed by atoms with Gasteiger partial charge in [0.05, 0.1) is 0 Å². The Hall–Kier alpha value is -2.76. The lowest BCUT2D eigenvalue weighted by atomic mass is 9.99. The molecule has 7 nitrogen and oxygen atoms in total. The van der Waals surface area contributed by atoms with E-state index in [0.717, 1.165) is 59.4 Å². The number of fused-ring (bicyclic) bond motifs is 1. The van der Waals surface area contributed by atoms with Crippen molar-refractivity contribution in [2.24, 2.45) is 7.05 Å². The van der Waals surface area contributed by atoms with Crippen LogP contribution in [0.3, 0.4) is 0 Å². The van der Waals surface area contributed by atoms with Crippen LogP contribution in [-0.4, -0.2) is 63.1 Å². The fourth-order valence-corrected chi connectivity index (χ4v) is 6.73. The number of nitrogens with zero attached hydrogens (tertiary/aromatic N) is 4. The second-order valence-corrected chi connectivity index (χ2v) is 11.6. The van der Waals surface area contributed by atoms with E-state index in [9.17, 15) is 9.59 Å². The van der Waals surface area contributed by atoms with E-state index in [4.69, 9.17) is 4.74 Å². The molecule has 2 atom stereocenters. The molecule has 198 valence electrons. The number of benzene rings is 2.